The number of aromatic nitrogens is 8. The number of piperidine rings is 1. The molecule has 1 amide bonds. The molecule has 0 radical (unpaired) electrons. The second-order valence-electron chi connectivity index (χ2n) is 7.44. The van der Waals surface area contributed by atoms with E-state index >= 15 is 0 Å². The molecule has 3 aromatic rings. The van der Waals surface area contributed by atoms with Crippen LogP contribution in [0.2, 0.25) is 0 Å². The summed E-state index contributed by atoms with van der Waals surface area (Å²) in [5.74, 6) is 0.896. The molecule has 3 aromatic heterocycles. The van der Waals surface area contributed by atoms with Crippen molar-refractivity contribution in [1.82, 2.24) is 44.8 Å². The maximum Gasteiger partial charge on any atom is 0.291 e. The highest BCUT2D eigenvalue weighted by Crippen LogP contribution is 2.43. The molecule has 0 bridgehead atoms. The van der Waals surface area contributed by atoms with E-state index in [1.54, 1.807) is 11.8 Å². The zero-order chi connectivity index (χ0) is 19.3. The van der Waals surface area contributed by atoms with Crippen LogP contribution in [0.4, 0.5) is 0 Å². The van der Waals surface area contributed by atoms with E-state index in [0.717, 1.165) is 30.5 Å². The van der Waals surface area contributed by atoms with Crippen molar-refractivity contribution in [2.75, 3.05) is 13.1 Å². The standard InChI is InChI=1S/C17H19N9O2/c1-10-20-12-11(14(27)21-10)3-5-17(12)4-2-6-25(7-17)15(28)13-22-16(24-23-13)26-8-18-19-9-26/h8-9H,2-7H2,1H3,(H,20,21,27)(H,22,23,24). The van der Waals surface area contributed by atoms with Crippen molar-refractivity contribution in [3.8, 4) is 5.95 Å². The van der Waals surface area contributed by atoms with Gasteiger partial charge in [0.15, 0.2) is 0 Å². The van der Waals surface area contributed by atoms with Gasteiger partial charge in [0.25, 0.3) is 17.4 Å². The van der Waals surface area contributed by atoms with Crippen molar-refractivity contribution in [3.05, 3.63) is 45.9 Å². The van der Waals surface area contributed by atoms with Crippen LogP contribution in [-0.2, 0) is 11.8 Å². The lowest BCUT2D eigenvalue weighted by Crippen LogP contribution is -2.48. The van der Waals surface area contributed by atoms with Crippen LogP contribution in [-0.4, -0.2) is 63.8 Å². The highest BCUT2D eigenvalue weighted by Gasteiger charge is 2.45. The van der Waals surface area contributed by atoms with Crippen molar-refractivity contribution >= 4 is 5.91 Å². The summed E-state index contributed by atoms with van der Waals surface area (Å²) in [6.45, 7) is 2.96. The van der Waals surface area contributed by atoms with Gasteiger partial charge in [-0.3, -0.25) is 19.3 Å². The van der Waals surface area contributed by atoms with Gasteiger partial charge in [-0.25, -0.2) is 4.98 Å². The minimum atomic E-state index is -0.265. The largest absolute Gasteiger partial charge is 0.335 e. The summed E-state index contributed by atoms with van der Waals surface area (Å²) in [5, 5.41) is 14.2. The minimum Gasteiger partial charge on any atom is -0.335 e. The first-order valence-electron chi connectivity index (χ1n) is 9.23. The van der Waals surface area contributed by atoms with Gasteiger partial charge >= 0.3 is 0 Å². The summed E-state index contributed by atoms with van der Waals surface area (Å²) in [5.41, 5.74) is 1.29. The monoisotopic (exact) mass is 381 g/mol. The summed E-state index contributed by atoms with van der Waals surface area (Å²) < 4.78 is 1.52. The van der Waals surface area contributed by atoms with Crippen LogP contribution in [0.3, 0.4) is 0 Å². The SMILES string of the molecule is Cc1nc2c(c(=O)[nH]1)CCC21CCCN(C(=O)c2nc(-n3cnnc3)n[nH]2)C1. The molecule has 1 aliphatic heterocycles. The number of rotatable bonds is 2. The number of fused-ring (bicyclic) bond motifs is 2. The van der Waals surface area contributed by atoms with E-state index in [1.807, 2.05) is 0 Å². The van der Waals surface area contributed by atoms with Gasteiger partial charge in [-0.05, 0) is 32.6 Å². The molecule has 1 atom stereocenters. The quantitative estimate of drug-likeness (QED) is 0.632. The number of likely N-dealkylation sites (tertiary alicyclic amines) is 1. The molecule has 11 heteroatoms. The first-order valence-corrected chi connectivity index (χ1v) is 9.23. The van der Waals surface area contributed by atoms with Gasteiger partial charge in [0.05, 0.1) is 5.69 Å². The van der Waals surface area contributed by atoms with Gasteiger partial charge < -0.3 is 9.88 Å². The molecule has 1 unspecified atom stereocenters. The Hall–Kier alpha value is -3.37. The predicted molar refractivity (Wildman–Crippen MR) is 96.0 cm³/mol. The molecule has 28 heavy (non-hydrogen) atoms. The molecule has 5 rings (SSSR count). The van der Waals surface area contributed by atoms with E-state index in [-0.39, 0.29) is 22.7 Å². The average Bonchev–Trinajstić information content (AvgIpc) is 3.42. The second kappa shape index (κ2) is 6.08. The number of amides is 1. The molecule has 11 nitrogen and oxygen atoms in total. The topological polar surface area (TPSA) is 138 Å². The van der Waals surface area contributed by atoms with Crippen LogP contribution in [0, 0.1) is 6.92 Å². The van der Waals surface area contributed by atoms with Gasteiger partial charge in [0.2, 0.25) is 5.82 Å². The number of H-pyrrole nitrogens is 2. The summed E-state index contributed by atoms with van der Waals surface area (Å²) in [4.78, 5) is 38.8. The van der Waals surface area contributed by atoms with E-state index < -0.39 is 0 Å². The number of aromatic amines is 2. The summed E-state index contributed by atoms with van der Waals surface area (Å²) in [6.07, 6.45) is 6.23. The third kappa shape index (κ3) is 2.53. The molecule has 1 aliphatic carbocycles. The Kier molecular flexibility index (Phi) is 3.64. The first-order chi connectivity index (χ1) is 13.6. The number of nitrogens with zero attached hydrogens (tertiary/aromatic N) is 7. The van der Waals surface area contributed by atoms with Crippen LogP contribution in [0.15, 0.2) is 17.4 Å². The predicted octanol–water partition coefficient (Wildman–Crippen LogP) is -0.103. The highest BCUT2D eigenvalue weighted by atomic mass is 16.2. The highest BCUT2D eigenvalue weighted by molar-refractivity contribution is 5.90. The lowest BCUT2D eigenvalue weighted by molar-refractivity contribution is 0.0621. The average molecular weight is 381 g/mol. The Bertz CT molecular complexity index is 1100. The fraction of sp³-hybridized carbons (Fsp3) is 0.471. The molecule has 144 valence electrons. The molecular formula is C17H19N9O2. The third-order valence-electron chi connectivity index (χ3n) is 5.68. The molecule has 1 saturated heterocycles. The number of carbonyl (C=O) groups is 1. The summed E-state index contributed by atoms with van der Waals surface area (Å²) in [6, 6.07) is 0. The van der Waals surface area contributed by atoms with Crippen LogP contribution < -0.4 is 5.56 Å². The number of aryl methyl sites for hydroxylation is 1. The maximum atomic E-state index is 13.0. The second-order valence-corrected chi connectivity index (χ2v) is 7.44. The van der Waals surface area contributed by atoms with Crippen molar-refractivity contribution in [2.45, 2.75) is 38.0 Å². The van der Waals surface area contributed by atoms with E-state index in [9.17, 15) is 9.59 Å². The smallest absolute Gasteiger partial charge is 0.291 e. The van der Waals surface area contributed by atoms with Crippen LogP contribution >= 0.6 is 0 Å². The number of hydrogen-bond donors (Lipinski definition) is 2. The molecule has 4 heterocycles. The van der Waals surface area contributed by atoms with Crippen molar-refractivity contribution in [3.63, 3.8) is 0 Å². The zero-order valence-electron chi connectivity index (χ0n) is 15.3. The van der Waals surface area contributed by atoms with Gasteiger partial charge in [-0.1, -0.05) is 0 Å². The van der Waals surface area contributed by atoms with E-state index in [0.29, 0.717) is 31.3 Å². The molecule has 0 saturated carbocycles. The molecule has 1 spiro atoms. The zero-order valence-corrected chi connectivity index (χ0v) is 15.3. The van der Waals surface area contributed by atoms with Gasteiger partial charge in [-0.2, -0.15) is 4.98 Å². The molecule has 2 N–H and O–H groups in total. The Balaban J connectivity index is 1.43. The Morgan fingerprint density at radius 1 is 1.21 bits per heavy atom. The third-order valence-corrected chi connectivity index (χ3v) is 5.68. The Morgan fingerprint density at radius 3 is 2.86 bits per heavy atom. The van der Waals surface area contributed by atoms with E-state index in [1.165, 1.54) is 17.2 Å². The fourth-order valence-electron chi connectivity index (χ4n) is 4.38. The van der Waals surface area contributed by atoms with Crippen molar-refractivity contribution in [2.24, 2.45) is 0 Å². The van der Waals surface area contributed by atoms with Crippen LogP contribution in [0.1, 0.15) is 47.0 Å². The normalized spacial score (nSPS) is 21.2. The van der Waals surface area contributed by atoms with Gasteiger partial charge in [0.1, 0.15) is 18.5 Å². The van der Waals surface area contributed by atoms with Crippen LogP contribution in [0.5, 0.6) is 0 Å². The molecule has 0 aromatic carbocycles. The fourth-order valence-corrected chi connectivity index (χ4v) is 4.38. The first kappa shape index (κ1) is 16.8. The van der Waals surface area contributed by atoms with Crippen LogP contribution in [0.25, 0.3) is 5.95 Å². The van der Waals surface area contributed by atoms with Gasteiger partial charge in [-0.15, -0.1) is 15.3 Å². The molecule has 1 fully saturated rings. The van der Waals surface area contributed by atoms with Crippen molar-refractivity contribution in [1.29, 1.82) is 0 Å². The molecular weight excluding hydrogens is 362 g/mol. The van der Waals surface area contributed by atoms with E-state index in [4.69, 9.17) is 0 Å². The molecule has 2 aliphatic rings. The number of nitrogens with one attached hydrogen (secondary N) is 2. The number of carbonyl (C=O) groups excluding carboxylic acids is 1. The lowest BCUT2D eigenvalue weighted by atomic mass is 9.77. The van der Waals surface area contributed by atoms with E-state index in [2.05, 4.69) is 35.3 Å². The number of hydrogen-bond acceptors (Lipinski definition) is 7. The summed E-state index contributed by atoms with van der Waals surface area (Å²) >= 11 is 0. The lowest BCUT2D eigenvalue weighted by Gasteiger charge is -2.40. The maximum absolute atomic E-state index is 13.0. The minimum absolute atomic E-state index is 0.0587. The Morgan fingerprint density at radius 2 is 2.04 bits per heavy atom. The summed E-state index contributed by atoms with van der Waals surface area (Å²) in [7, 11) is 0. The van der Waals surface area contributed by atoms with Crippen molar-refractivity contribution < 1.29 is 4.79 Å². The Labute approximate surface area is 159 Å². The van der Waals surface area contributed by atoms with Gasteiger partial charge in [0, 0.05) is 24.1 Å².